The van der Waals surface area contributed by atoms with E-state index in [4.69, 9.17) is 0 Å². The molecule has 0 atom stereocenters. The standard InChI is InChI=1S/C17H19F2N3O/c1-17(2,3)22-15-6-7-21(10-12(15)9-20-22)16(23)11-4-5-13(18)14(19)8-11/h4-5,8-9H,6-7,10H2,1-3H3. The van der Waals surface area contributed by atoms with Crippen LogP contribution in [0.4, 0.5) is 8.78 Å². The highest BCUT2D eigenvalue weighted by Crippen LogP contribution is 2.25. The van der Waals surface area contributed by atoms with Crippen LogP contribution in [-0.2, 0) is 18.5 Å². The fourth-order valence-corrected chi connectivity index (χ4v) is 2.89. The third-order valence-corrected chi connectivity index (χ3v) is 4.02. The summed E-state index contributed by atoms with van der Waals surface area (Å²) in [5, 5.41) is 4.43. The van der Waals surface area contributed by atoms with Gasteiger partial charge in [-0.05, 0) is 39.0 Å². The van der Waals surface area contributed by atoms with Crippen LogP contribution in [0.1, 0.15) is 42.4 Å². The normalized spacial score (nSPS) is 14.7. The maximum absolute atomic E-state index is 13.3. The van der Waals surface area contributed by atoms with Crippen molar-refractivity contribution in [2.45, 2.75) is 39.3 Å². The first-order valence-corrected chi connectivity index (χ1v) is 7.58. The van der Waals surface area contributed by atoms with Gasteiger partial charge in [0.15, 0.2) is 11.6 Å². The predicted molar refractivity (Wildman–Crippen MR) is 82.0 cm³/mol. The average Bonchev–Trinajstić information content (AvgIpc) is 2.92. The van der Waals surface area contributed by atoms with Gasteiger partial charge in [0, 0.05) is 36.3 Å². The molecule has 0 unspecified atom stereocenters. The molecule has 0 saturated carbocycles. The van der Waals surface area contributed by atoms with Gasteiger partial charge in [-0.2, -0.15) is 5.10 Å². The van der Waals surface area contributed by atoms with E-state index in [-0.39, 0.29) is 17.0 Å². The topological polar surface area (TPSA) is 38.1 Å². The summed E-state index contributed by atoms with van der Waals surface area (Å²) in [4.78, 5) is 14.1. The second kappa shape index (κ2) is 5.44. The number of fused-ring (bicyclic) bond motifs is 1. The zero-order valence-corrected chi connectivity index (χ0v) is 13.4. The van der Waals surface area contributed by atoms with E-state index in [2.05, 4.69) is 25.9 Å². The Morgan fingerprint density at radius 2 is 1.96 bits per heavy atom. The highest BCUT2D eigenvalue weighted by molar-refractivity contribution is 5.94. The number of carbonyl (C=O) groups excluding carboxylic acids is 1. The maximum atomic E-state index is 13.3. The SMILES string of the molecule is CC(C)(C)n1ncc2c1CCN(C(=O)c1ccc(F)c(F)c1)C2. The maximum Gasteiger partial charge on any atom is 0.254 e. The Hall–Kier alpha value is -2.24. The molecule has 2 heterocycles. The molecule has 2 aromatic rings. The summed E-state index contributed by atoms with van der Waals surface area (Å²) in [7, 11) is 0. The Balaban J connectivity index is 1.83. The second-order valence-corrected chi connectivity index (χ2v) is 6.80. The average molecular weight is 319 g/mol. The zero-order valence-electron chi connectivity index (χ0n) is 13.4. The van der Waals surface area contributed by atoms with Crippen molar-refractivity contribution < 1.29 is 13.6 Å². The first-order chi connectivity index (χ1) is 10.8. The van der Waals surface area contributed by atoms with Crippen LogP contribution in [0.3, 0.4) is 0 Å². The minimum Gasteiger partial charge on any atom is -0.334 e. The minimum atomic E-state index is -1.01. The molecule has 1 aromatic heterocycles. The molecule has 3 rings (SSSR count). The van der Waals surface area contributed by atoms with Crippen molar-refractivity contribution in [1.29, 1.82) is 0 Å². The molecule has 0 aliphatic carbocycles. The Morgan fingerprint density at radius 1 is 1.22 bits per heavy atom. The van der Waals surface area contributed by atoms with Crippen LogP contribution < -0.4 is 0 Å². The molecule has 1 amide bonds. The summed E-state index contributed by atoms with van der Waals surface area (Å²) in [5.41, 5.74) is 2.18. The Kier molecular flexibility index (Phi) is 3.70. The first-order valence-electron chi connectivity index (χ1n) is 7.58. The van der Waals surface area contributed by atoms with Gasteiger partial charge in [0.25, 0.3) is 5.91 Å². The van der Waals surface area contributed by atoms with Crippen LogP contribution in [-0.4, -0.2) is 27.1 Å². The minimum absolute atomic E-state index is 0.111. The monoisotopic (exact) mass is 319 g/mol. The van der Waals surface area contributed by atoms with E-state index < -0.39 is 11.6 Å². The summed E-state index contributed by atoms with van der Waals surface area (Å²) in [6.07, 6.45) is 2.48. The molecule has 122 valence electrons. The summed E-state index contributed by atoms with van der Waals surface area (Å²) >= 11 is 0. The fourth-order valence-electron chi connectivity index (χ4n) is 2.89. The van der Waals surface area contributed by atoms with E-state index in [1.54, 1.807) is 11.1 Å². The van der Waals surface area contributed by atoms with E-state index in [1.165, 1.54) is 6.07 Å². The highest BCUT2D eigenvalue weighted by atomic mass is 19.2. The number of carbonyl (C=O) groups is 1. The van der Waals surface area contributed by atoms with E-state index in [0.717, 1.165) is 23.4 Å². The molecule has 6 heteroatoms. The largest absolute Gasteiger partial charge is 0.334 e. The third kappa shape index (κ3) is 2.85. The molecule has 1 aliphatic heterocycles. The van der Waals surface area contributed by atoms with Gasteiger partial charge in [-0.3, -0.25) is 9.48 Å². The molecule has 0 N–H and O–H groups in total. The van der Waals surface area contributed by atoms with E-state index >= 15 is 0 Å². The molecular formula is C17H19F2N3O. The lowest BCUT2D eigenvalue weighted by Gasteiger charge is -2.30. The molecule has 0 fully saturated rings. The summed E-state index contributed by atoms with van der Waals surface area (Å²) < 4.78 is 28.3. The van der Waals surface area contributed by atoms with Gasteiger partial charge < -0.3 is 4.90 Å². The Bertz CT molecular complexity index is 762. The lowest BCUT2D eigenvalue weighted by Crippen LogP contribution is -2.37. The Morgan fingerprint density at radius 3 is 2.61 bits per heavy atom. The van der Waals surface area contributed by atoms with E-state index in [9.17, 15) is 13.6 Å². The molecule has 0 radical (unpaired) electrons. The molecular weight excluding hydrogens is 300 g/mol. The number of amides is 1. The van der Waals surface area contributed by atoms with Crippen molar-refractivity contribution in [3.63, 3.8) is 0 Å². The number of hydrogen-bond donors (Lipinski definition) is 0. The van der Waals surface area contributed by atoms with Crippen molar-refractivity contribution in [3.05, 3.63) is 52.9 Å². The first kappa shape index (κ1) is 15.6. The summed E-state index contributed by atoms with van der Waals surface area (Å²) in [5.74, 6) is -2.25. The zero-order chi connectivity index (χ0) is 16.8. The fraction of sp³-hybridized carbons (Fsp3) is 0.412. The quantitative estimate of drug-likeness (QED) is 0.810. The van der Waals surface area contributed by atoms with Gasteiger partial charge in [0.05, 0.1) is 11.7 Å². The van der Waals surface area contributed by atoms with E-state index in [0.29, 0.717) is 19.5 Å². The van der Waals surface area contributed by atoms with Gasteiger partial charge >= 0.3 is 0 Å². The van der Waals surface area contributed by atoms with E-state index in [1.807, 2.05) is 4.68 Å². The number of nitrogens with zero attached hydrogens (tertiary/aromatic N) is 3. The van der Waals surface area contributed by atoms with Gasteiger partial charge in [0.1, 0.15) is 0 Å². The van der Waals surface area contributed by atoms with Crippen LogP contribution in [0.25, 0.3) is 0 Å². The van der Waals surface area contributed by atoms with Gasteiger partial charge in [-0.1, -0.05) is 0 Å². The molecule has 23 heavy (non-hydrogen) atoms. The van der Waals surface area contributed by atoms with Crippen molar-refractivity contribution in [1.82, 2.24) is 14.7 Å². The molecule has 0 bridgehead atoms. The lowest BCUT2D eigenvalue weighted by atomic mass is 10.0. The summed E-state index contributed by atoms with van der Waals surface area (Å²) in [6, 6.07) is 3.25. The van der Waals surface area contributed by atoms with Crippen LogP contribution >= 0.6 is 0 Å². The van der Waals surface area contributed by atoms with Crippen LogP contribution in [0, 0.1) is 11.6 Å². The Labute approximate surface area is 133 Å². The van der Waals surface area contributed by atoms with Gasteiger partial charge in [-0.25, -0.2) is 8.78 Å². The third-order valence-electron chi connectivity index (χ3n) is 4.02. The lowest BCUT2D eigenvalue weighted by molar-refractivity contribution is 0.0731. The van der Waals surface area contributed by atoms with Crippen LogP contribution in [0.5, 0.6) is 0 Å². The summed E-state index contributed by atoms with van der Waals surface area (Å²) in [6.45, 7) is 7.22. The second-order valence-electron chi connectivity index (χ2n) is 6.80. The van der Waals surface area contributed by atoms with Crippen molar-refractivity contribution in [2.24, 2.45) is 0 Å². The number of rotatable bonds is 1. The molecule has 4 nitrogen and oxygen atoms in total. The van der Waals surface area contributed by atoms with Gasteiger partial charge in [-0.15, -0.1) is 0 Å². The smallest absolute Gasteiger partial charge is 0.254 e. The van der Waals surface area contributed by atoms with Crippen molar-refractivity contribution in [2.75, 3.05) is 6.54 Å². The van der Waals surface area contributed by atoms with Crippen LogP contribution in [0.2, 0.25) is 0 Å². The van der Waals surface area contributed by atoms with Crippen molar-refractivity contribution >= 4 is 5.91 Å². The number of benzene rings is 1. The molecule has 0 saturated heterocycles. The molecule has 1 aliphatic rings. The number of halogens is 2. The van der Waals surface area contributed by atoms with Gasteiger partial charge in [0.2, 0.25) is 0 Å². The number of hydrogen-bond acceptors (Lipinski definition) is 2. The predicted octanol–water partition coefficient (Wildman–Crippen LogP) is 3.11. The molecule has 0 spiro atoms. The van der Waals surface area contributed by atoms with Crippen LogP contribution in [0.15, 0.2) is 24.4 Å². The molecule has 1 aromatic carbocycles. The highest BCUT2D eigenvalue weighted by Gasteiger charge is 2.28. The van der Waals surface area contributed by atoms with Crippen molar-refractivity contribution in [3.8, 4) is 0 Å². The number of aromatic nitrogens is 2.